The lowest BCUT2D eigenvalue weighted by molar-refractivity contribution is 1.18. The van der Waals surface area contributed by atoms with Crippen LogP contribution in [0.1, 0.15) is 5.69 Å². The van der Waals surface area contributed by atoms with Gasteiger partial charge in [-0.05, 0) is 18.4 Å². The number of hydrogen-bond donors (Lipinski definition) is 0. The van der Waals surface area contributed by atoms with E-state index in [4.69, 9.17) is 0 Å². The van der Waals surface area contributed by atoms with Crippen molar-refractivity contribution >= 4 is 17.4 Å². The van der Waals surface area contributed by atoms with Crippen LogP contribution in [0.4, 0.5) is 0 Å². The van der Waals surface area contributed by atoms with Crippen molar-refractivity contribution < 1.29 is 0 Å². The summed E-state index contributed by atoms with van der Waals surface area (Å²) < 4.78 is 2.05. The molecule has 0 amide bonds. The normalized spacial score (nSPS) is 10.8. The van der Waals surface area contributed by atoms with Crippen molar-refractivity contribution in [3.05, 3.63) is 36.3 Å². The van der Waals surface area contributed by atoms with E-state index in [0.29, 0.717) is 0 Å². The Morgan fingerprint density at radius 3 is 3.17 bits per heavy atom. The molecule has 0 saturated heterocycles. The van der Waals surface area contributed by atoms with Gasteiger partial charge < -0.3 is 4.40 Å². The summed E-state index contributed by atoms with van der Waals surface area (Å²) in [5, 5.41) is 0. The van der Waals surface area contributed by atoms with Crippen LogP contribution in [-0.2, 0) is 5.75 Å². The molecule has 0 aliphatic rings. The van der Waals surface area contributed by atoms with E-state index in [9.17, 15) is 0 Å². The van der Waals surface area contributed by atoms with E-state index in [1.807, 2.05) is 28.8 Å². The van der Waals surface area contributed by atoms with Gasteiger partial charge in [0.2, 0.25) is 0 Å². The molecule has 0 aliphatic carbocycles. The molecule has 0 atom stereocenters. The Labute approximate surface area is 75.6 Å². The second-order valence-corrected chi connectivity index (χ2v) is 3.50. The maximum atomic E-state index is 4.44. The third-order valence-electron chi connectivity index (χ3n) is 1.71. The van der Waals surface area contributed by atoms with Crippen molar-refractivity contribution in [3.8, 4) is 0 Å². The molecule has 0 bridgehead atoms. The highest BCUT2D eigenvalue weighted by atomic mass is 32.2. The molecule has 62 valence electrons. The molecular weight excluding hydrogens is 168 g/mol. The lowest BCUT2D eigenvalue weighted by atomic mass is 10.5. The highest BCUT2D eigenvalue weighted by molar-refractivity contribution is 7.97. The van der Waals surface area contributed by atoms with Gasteiger partial charge in [-0.15, -0.1) is 0 Å². The fraction of sp³-hybridized carbons (Fsp3) is 0.222. The highest BCUT2D eigenvalue weighted by Gasteiger charge is 1.97. The van der Waals surface area contributed by atoms with Crippen LogP contribution in [0.2, 0.25) is 0 Å². The number of nitrogens with zero attached hydrogens (tertiary/aromatic N) is 2. The van der Waals surface area contributed by atoms with Gasteiger partial charge in [0, 0.05) is 18.1 Å². The summed E-state index contributed by atoms with van der Waals surface area (Å²) in [6.07, 6.45) is 6.18. The average molecular weight is 178 g/mol. The van der Waals surface area contributed by atoms with E-state index in [2.05, 4.69) is 17.4 Å². The fourth-order valence-electron chi connectivity index (χ4n) is 1.20. The molecule has 0 aromatic carbocycles. The first-order chi connectivity index (χ1) is 5.90. The zero-order valence-corrected chi connectivity index (χ0v) is 7.71. The van der Waals surface area contributed by atoms with E-state index < -0.39 is 0 Å². The Bertz CT molecular complexity index is 348. The summed E-state index contributed by atoms with van der Waals surface area (Å²) in [4.78, 5) is 4.44. The summed E-state index contributed by atoms with van der Waals surface area (Å²) >= 11 is 1.79. The van der Waals surface area contributed by atoms with Gasteiger partial charge in [0.05, 0.1) is 5.69 Å². The molecule has 0 unspecified atom stereocenters. The first kappa shape index (κ1) is 7.68. The lowest BCUT2D eigenvalue weighted by Crippen LogP contribution is -1.77. The van der Waals surface area contributed by atoms with Crippen molar-refractivity contribution in [1.29, 1.82) is 0 Å². The lowest BCUT2D eigenvalue weighted by Gasteiger charge is -1.86. The molecular formula is C9H10N2S. The molecule has 2 aromatic rings. The molecule has 12 heavy (non-hydrogen) atoms. The largest absolute Gasteiger partial charge is 0.307 e. The number of aromatic nitrogens is 2. The molecule has 0 N–H and O–H groups in total. The first-order valence-electron chi connectivity index (χ1n) is 3.82. The zero-order chi connectivity index (χ0) is 8.39. The molecule has 3 heteroatoms. The van der Waals surface area contributed by atoms with Crippen LogP contribution in [0.15, 0.2) is 30.6 Å². The molecule has 0 spiro atoms. The molecule has 2 heterocycles. The van der Waals surface area contributed by atoms with Crippen molar-refractivity contribution in [2.75, 3.05) is 6.26 Å². The Hall–Kier alpha value is -0.960. The summed E-state index contributed by atoms with van der Waals surface area (Å²) in [7, 11) is 0. The molecule has 0 radical (unpaired) electrons. The quantitative estimate of drug-likeness (QED) is 0.701. The summed E-state index contributed by atoms with van der Waals surface area (Å²) in [5.74, 6) is 0.988. The maximum Gasteiger partial charge on any atom is 0.137 e. The summed E-state index contributed by atoms with van der Waals surface area (Å²) in [6, 6.07) is 6.03. The number of rotatable bonds is 2. The van der Waals surface area contributed by atoms with E-state index in [-0.39, 0.29) is 0 Å². The summed E-state index contributed by atoms with van der Waals surface area (Å²) in [5.41, 5.74) is 2.18. The van der Waals surface area contributed by atoms with Gasteiger partial charge in [0.25, 0.3) is 0 Å². The molecule has 2 nitrogen and oxygen atoms in total. The fourth-order valence-corrected chi connectivity index (χ4v) is 1.64. The Morgan fingerprint density at radius 2 is 2.42 bits per heavy atom. The maximum absolute atomic E-state index is 4.44. The summed E-state index contributed by atoms with van der Waals surface area (Å²) in [6.45, 7) is 0. The number of imidazole rings is 1. The minimum Gasteiger partial charge on any atom is -0.307 e. The van der Waals surface area contributed by atoms with Crippen LogP contribution in [0, 0.1) is 0 Å². The predicted octanol–water partition coefficient (Wildman–Crippen LogP) is 2.20. The third kappa shape index (κ3) is 1.32. The van der Waals surface area contributed by atoms with E-state index in [1.165, 1.54) is 0 Å². The first-order valence-corrected chi connectivity index (χ1v) is 5.21. The minimum absolute atomic E-state index is 0.988. The monoisotopic (exact) mass is 178 g/mol. The van der Waals surface area contributed by atoms with Crippen molar-refractivity contribution in [2.45, 2.75) is 5.75 Å². The molecule has 0 aliphatic heterocycles. The van der Waals surface area contributed by atoms with E-state index >= 15 is 0 Å². The minimum atomic E-state index is 0.988. The Morgan fingerprint density at radius 1 is 1.50 bits per heavy atom. The standard InChI is InChI=1S/C9H10N2S/c1-12-7-8-6-11-5-3-2-4-9(11)10-8/h2-6H,7H2,1H3. The van der Waals surface area contributed by atoms with E-state index in [1.54, 1.807) is 11.8 Å². The SMILES string of the molecule is CSCc1cn2ccccc2n1. The average Bonchev–Trinajstić information content (AvgIpc) is 2.47. The van der Waals surface area contributed by atoms with Gasteiger partial charge in [-0.1, -0.05) is 6.07 Å². The van der Waals surface area contributed by atoms with Crippen LogP contribution in [0.25, 0.3) is 5.65 Å². The van der Waals surface area contributed by atoms with Gasteiger partial charge in [-0.3, -0.25) is 0 Å². The number of thioether (sulfide) groups is 1. The predicted molar refractivity (Wildman–Crippen MR) is 52.4 cm³/mol. The van der Waals surface area contributed by atoms with Gasteiger partial charge in [0.15, 0.2) is 0 Å². The van der Waals surface area contributed by atoms with Gasteiger partial charge in [-0.25, -0.2) is 4.98 Å². The van der Waals surface area contributed by atoms with Gasteiger partial charge in [-0.2, -0.15) is 11.8 Å². The number of fused-ring (bicyclic) bond motifs is 1. The second kappa shape index (κ2) is 3.19. The van der Waals surface area contributed by atoms with Crippen LogP contribution < -0.4 is 0 Å². The topological polar surface area (TPSA) is 17.3 Å². The van der Waals surface area contributed by atoms with Crippen molar-refractivity contribution in [2.24, 2.45) is 0 Å². The molecule has 2 rings (SSSR count). The molecule has 2 aromatic heterocycles. The van der Waals surface area contributed by atoms with E-state index in [0.717, 1.165) is 17.1 Å². The van der Waals surface area contributed by atoms with Crippen LogP contribution in [-0.4, -0.2) is 15.6 Å². The highest BCUT2D eigenvalue weighted by Crippen LogP contribution is 2.09. The molecule has 0 saturated carbocycles. The smallest absolute Gasteiger partial charge is 0.137 e. The van der Waals surface area contributed by atoms with Crippen molar-refractivity contribution in [1.82, 2.24) is 9.38 Å². The Kier molecular flexibility index (Phi) is 2.04. The third-order valence-corrected chi connectivity index (χ3v) is 2.29. The molecule has 0 fully saturated rings. The van der Waals surface area contributed by atoms with Crippen LogP contribution in [0.5, 0.6) is 0 Å². The van der Waals surface area contributed by atoms with Crippen molar-refractivity contribution in [3.63, 3.8) is 0 Å². The number of pyridine rings is 1. The van der Waals surface area contributed by atoms with Gasteiger partial charge in [0.1, 0.15) is 5.65 Å². The van der Waals surface area contributed by atoms with Gasteiger partial charge >= 0.3 is 0 Å². The van der Waals surface area contributed by atoms with Crippen LogP contribution in [0.3, 0.4) is 0 Å². The number of hydrogen-bond acceptors (Lipinski definition) is 2. The zero-order valence-electron chi connectivity index (χ0n) is 6.90. The van der Waals surface area contributed by atoms with Crippen LogP contribution >= 0.6 is 11.8 Å². The second-order valence-electron chi connectivity index (χ2n) is 2.63. The Balaban J connectivity index is 2.47.